The zero-order chi connectivity index (χ0) is 10.1. The Bertz CT molecular complexity index is 508. The van der Waals surface area contributed by atoms with Gasteiger partial charge < -0.3 is 0 Å². The van der Waals surface area contributed by atoms with E-state index in [-0.39, 0.29) is 11.3 Å². The second-order valence-corrected chi connectivity index (χ2v) is 2.99. The second kappa shape index (κ2) is 3.18. The van der Waals surface area contributed by atoms with Gasteiger partial charge in [0.2, 0.25) is 0 Å². The van der Waals surface area contributed by atoms with Crippen molar-refractivity contribution >= 4 is 16.7 Å². The summed E-state index contributed by atoms with van der Waals surface area (Å²) < 4.78 is 13.4. The van der Waals surface area contributed by atoms with Gasteiger partial charge in [-0.3, -0.25) is 9.78 Å². The van der Waals surface area contributed by atoms with E-state index in [1.807, 2.05) is 0 Å². The minimum Gasteiger partial charge on any atom is -0.294 e. The van der Waals surface area contributed by atoms with Crippen LogP contribution < -0.4 is 0 Å². The standard InChI is InChI=1S/C11H7FNO/c1-7(14)8-5-10(12)9-3-2-4-13-11(9)6-8/h2-5H,1H3. The van der Waals surface area contributed by atoms with Gasteiger partial charge in [-0.15, -0.1) is 0 Å². The molecule has 0 aliphatic carbocycles. The van der Waals surface area contributed by atoms with E-state index in [0.29, 0.717) is 10.9 Å². The summed E-state index contributed by atoms with van der Waals surface area (Å²) in [5, 5.41) is 0.387. The highest BCUT2D eigenvalue weighted by atomic mass is 19.1. The third-order valence-corrected chi connectivity index (χ3v) is 1.97. The lowest BCUT2D eigenvalue weighted by Crippen LogP contribution is -1.95. The van der Waals surface area contributed by atoms with E-state index in [4.69, 9.17) is 0 Å². The molecule has 1 heterocycles. The average Bonchev–Trinajstić information content (AvgIpc) is 2.17. The summed E-state index contributed by atoms with van der Waals surface area (Å²) in [6, 6.07) is 7.21. The predicted octanol–water partition coefficient (Wildman–Crippen LogP) is 2.38. The first-order valence-electron chi connectivity index (χ1n) is 4.16. The van der Waals surface area contributed by atoms with Crippen molar-refractivity contribution in [3.63, 3.8) is 0 Å². The number of nitrogens with zero attached hydrogens (tertiary/aromatic N) is 1. The predicted molar refractivity (Wildman–Crippen MR) is 50.5 cm³/mol. The topological polar surface area (TPSA) is 30.0 Å². The van der Waals surface area contributed by atoms with Crippen LogP contribution in [0.3, 0.4) is 0 Å². The van der Waals surface area contributed by atoms with E-state index in [1.165, 1.54) is 13.0 Å². The average molecular weight is 188 g/mol. The minimum atomic E-state index is -0.433. The molecule has 0 bridgehead atoms. The van der Waals surface area contributed by atoms with Gasteiger partial charge in [-0.1, -0.05) is 0 Å². The summed E-state index contributed by atoms with van der Waals surface area (Å²) in [6.45, 7) is 1.38. The number of hydrogen-bond acceptors (Lipinski definition) is 2. The summed E-state index contributed by atoms with van der Waals surface area (Å²) in [6.07, 6.45) is 1.54. The summed E-state index contributed by atoms with van der Waals surface area (Å²) in [5.41, 5.74) is 0.617. The van der Waals surface area contributed by atoms with Gasteiger partial charge in [0.1, 0.15) is 5.82 Å². The SMILES string of the molecule is CC(=O)c1[c]c2ncccc2c(F)c1. The molecule has 1 radical (unpaired) electrons. The Morgan fingerprint density at radius 2 is 2.36 bits per heavy atom. The molecule has 2 aromatic rings. The molecule has 1 aromatic carbocycles. The summed E-state index contributed by atoms with van der Waals surface area (Å²) in [7, 11) is 0. The summed E-state index contributed by atoms with van der Waals surface area (Å²) in [4.78, 5) is 15.0. The van der Waals surface area contributed by atoms with Crippen LogP contribution in [0, 0.1) is 11.9 Å². The molecule has 3 heteroatoms. The molecule has 2 nitrogen and oxygen atoms in total. The Labute approximate surface area is 80.4 Å². The van der Waals surface area contributed by atoms with E-state index < -0.39 is 5.82 Å². The fraction of sp³-hybridized carbons (Fsp3) is 0.0909. The molecule has 2 rings (SSSR count). The molecule has 0 saturated heterocycles. The summed E-state index contributed by atoms with van der Waals surface area (Å²) in [5.74, 6) is -0.645. The number of benzene rings is 1. The number of halogens is 1. The zero-order valence-corrected chi connectivity index (χ0v) is 7.54. The van der Waals surface area contributed by atoms with Crippen molar-refractivity contribution in [2.45, 2.75) is 6.92 Å². The van der Waals surface area contributed by atoms with Gasteiger partial charge in [-0.05, 0) is 25.1 Å². The van der Waals surface area contributed by atoms with Crippen LogP contribution in [-0.4, -0.2) is 10.8 Å². The molecule has 1 aromatic heterocycles. The molecular formula is C11H7FNO. The number of carbonyl (C=O) groups excluding carboxylic acids is 1. The van der Waals surface area contributed by atoms with Crippen LogP contribution in [0.15, 0.2) is 24.4 Å². The Morgan fingerprint density at radius 1 is 1.57 bits per heavy atom. The zero-order valence-electron chi connectivity index (χ0n) is 7.54. The third kappa shape index (κ3) is 1.37. The molecule has 0 saturated carbocycles. The Morgan fingerprint density at radius 3 is 3.07 bits per heavy atom. The highest BCUT2D eigenvalue weighted by Gasteiger charge is 2.07. The van der Waals surface area contributed by atoms with Gasteiger partial charge in [0, 0.05) is 23.2 Å². The highest BCUT2D eigenvalue weighted by Crippen LogP contribution is 2.17. The monoisotopic (exact) mass is 188 g/mol. The lowest BCUT2D eigenvalue weighted by Gasteiger charge is -2.00. The molecule has 0 aliphatic heterocycles. The summed E-state index contributed by atoms with van der Waals surface area (Å²) >= 11 is 0. The van der Waals surface area contributed by atoms with Crippen LogP contribution in [0.2, 0.25) is 0 Å². The van der Waals surface area contributed by atoms with E-state index in [1.54, 1.807) is 18.3 Å². The first-order chi connectivity index (χ1) is 6.68. The minimum absolute atomic E-state index is 0.212. The first kappa shape index (κ1) is 8.81. The van der Waals surface area contributed by atoms with E-state index in [9.17, 15) is 9.18 Å². The van der Waals surface area contributed by atoms with Gasteiger partial charge in [-0.25, -0.2) is 4.39 Å². The first-order valence-corrected chi connectivity index (χ1v) is 4.16. The smallest absolute Gasteiger partial charge is 0.160 e. The Kier molecular flexibility index (Phi) is 2.00. The molecule has 0 fully saturated rings. The number of hydrogen-bond donors (Lipinski definition) is 0. The van der Waals surface area contributed by atoms with Gasteiger partial charge in [0.15, 0.2) is 5.78 Å². The van der Waals surface area contributed by atoms with Gasteiger partial charge in [-0.2, -0.15) is 0 Å². The van der Waals surface area contributed by atoms with Crippen molar-refractivity contribution in [3.05, 3.63) is 41.8 Å². The van der Waals surface area contributed by atoms with Gasteiger partial charge in [0.25, 0.3) is 0 Å². The fourth-order valence-electron chi connectivity index (χ4n) is 1.26. The van der Waals surface area contributed by atoms with Crippen molar-refractivity contribution in [1.82, 2.24) is 4.98 Å². The molecule has 0 unspecified atom stereocenters. The molecule has 0 N–H and O–H groups in total. The van der Waals surface area contributed by atoms with Crippen LogP contribution in [0.1, 0.15) is 17.3 Å². The maximum Gasteiger partial charge on any atom is 0.160 e. The quantitative estimate of drug-likeness (QED) is 0.643. The third-order valence-electron chi connectivity index (χ3n) is 1.97. The van der Waals surface area contributed by atoms with Crippen molar-refractivity contribution in [3.8, 4) is 0 Å². The van der Waals surface area contributed by atoms with Gasteiger partial charge in [0.05, 0.1) is 5.52 Å². The Hall–Kier alpha value is -1.77. The molecule has 0 amide bonds. The largest absolute Gasteiger partial charge is 0.294 e. The molecule has 0 atom stereocenters. The lowest BCUT2D eigenvalue weighted by atomic mass is 10.1. The van der Waals surface area contributed by atoms with E-state index >= 15 is 0 Å². The number of pyridine rings is 1. The number of fused-ring (bicyclic) bond motifs is 1. The van der Waals surface area contributed by atoms with Crippen LogP contribution in [0.4, 0.5) is 4.39 Å². The van der Waals surface area contributed by atoms with Crippen LogP contribution in [-0.2, 0) is 0 Å². The van der Waals surface area contributed by atoms with Crippen LogP contribution in [0.25, 0.3) is 10.9 Å². The number of carbonyl (C=O) groups is 1. The van der Waals surface area contributed by atoms with Crippen molar-refractivity contribution in [2.24, 2.45) is 0 Å². The molecule has 69 valence electrons. The molecular weight excluding hydrogens is 181 g/mol. The number of Topliss-reactive ketones (excluding diaryl/α,β-unsaturated/α-hetero) is 1. The Balaban J connectivity index is 2.78. The number of ketones is 1. The van der Waals surface area contributed by atoms with Crippen molar-refractivity contribution in [2.75, 3.05) is 0 Å². The lowest BCUT2D eigenvalue weighted by molar-refractivity contribution is 0.101. The van der Waals surface area contributed by atoms with Crippen LogP contribution in [0.5, 0.6) is 0 Å². The van der Waals surface area contributed by atoms with Gasteiger partial charge >= 0.3 is 0 Å². The highest BCUT2D eigenvalue weighted by molar-refractivity contribution is 5.97. The maximum atomic E-state index is 13.4. The fourth-order valence-corrected chi connectivity index (χ4v) is 1.26. The van der Waals surface area contributed by atoms with E-state index in [2.05, 4.69) is 11.1 Å². The normalized spacial score (nSPS) is 10.4. The van der Waals surface area contributed by atoms with Crippen molar-refractivity contribution < 1.29 is 9.18 Å². The maximum absolute atomic E-state index is 13.4. The molecule has 14 heavy (non-hydrogen) atoms. The molecule has 0 spiro atoms. The second-order valence-electron chi connectivity index (χ2n) is 2.99. The van der Waals surface area contributed by atoms with Crippen molar-refractivity contribution in [1.29, 1.82) is 0 Å². The number of aromatic nitrogens is 1. The molecule has 0 aliphatic rings. The number of rotatable bonds is 1. The van der Waals surface area contributed by atoms with Crippen LogP contribution >= 0.6 is 0 Å². The van der Waals surface area contributed by atoms with E-state index in [0.717, 1.165) is 0 Å².